The van der Waals surface area contributed by atoms with Crippen LogP contribution in [0.2, 0.25) is 12.1 Å². The summed E-state index contributed by atoms with van der Waals surface area (Å²) < 4.78 is 0. The summed E-state index contributed by atoms with van der Waals surface area (Å²) in [5, 5.41) is 0. The Hall–Kier alpha value is 0.174. The summed E-state index contributed by atoms with van der Waals surface area (Å²) in [6.45, 7) is 3.94. The molecule has 0 atom stereocenters. The predicted molar refractivity (Wildman–Crippen MR) is 44.1 cm³/mol. The molecule has 0 spiro atoms. The molecule has 0 aromatic rings. The lowest BCUT2D eigenvalue weighted by Crippen LogP contribution is -2.18. The molecule has 2 heteroatoms. The van der Waals surface area contributed by atoms with Gasteiger partial charge >= 0.3 is 0 Å². The molecule has 0 aromatic heterocycles. The molecule has 1 rings (SSSR count). The van der Waals surface area contributed by atoms with Crippen molar-refractivity contribution in [3.05, 3.63) is 11.4 Å². The van der Waals surface area contributed by atoms with Crippen LogP contribution >= 0.6 is 0 Å². The molecule has 1 aliphatic heterocycles. The Morgan fingerprint density at radius 2 is 1.78 bits per heavy atom. The lowest BCUT2D eigenvalue weighted by Gasteiger charge is -2.19. The maximum atomic E-state index is 3.94. The summed E-state index contributed by atoms with van der Waals surface area (Å²) >= 11 is 0. The van der Waals surface area contributed by atoms with Gasteiger partial charge in [-0.3, -0.25) is 0 Å². The minimum Gasteiger partial charge on any atom is -0.108 e. The fraction of sp³-hybridized carbons (Fsp3) is 0.714. The second-order valence-electron chi connectivity index (χ2n) is 2.64. The summed E-state index contributed by atoms with van der Waals surface area (Å²) in [6.07, 6.45) is 4.34. The van der Waals surface area contributed by atoms with Gasteiger partial charge in [0.1, 0.15) is 0 Å². The third kappa shape index (κ3) is 2.10. The minimum atomic E-state index is -0.146. The van der Waals surface area contributed by atoms with E-state index in [1.165, 1.54) is 36.2 Å². The van der Waals surface area contributed by atoms with Crippen LogP contribution in [0.5, 0.6) is 0 Å². The van der Waals surface area contributed by atoms with E-state index < -0.39 is 0 Å². The maximum Gasteiger partial charge on any atom is 0.0734 e. The van der Waals surface area contributed by atoms with E-state index in [1.807, 2.05) is 0 Å². The molecule has 4 radical (unpaired) electrons. The average Bonchev–Trinajstić information content (AvgIpc) is 1.90. The molecule has 0 amide bonds. The van der Waals surface area contributed by atoms with Crippen LogP contribution in [0.15, 0.2) is 11.4 Å². The zero-order valence-corrected chi connectivity index (χ0v) is 7.74. The SMILES string of the molecule is C=C([Si])[Si]1CCCCC1. The van der Waals surface area contributed by atoms with Gasteiger partial charge in [-0.2, -0.15) is 0 Å². The molecule has 0 nitrogen and oxygen atoms in total. The smallest absolute Gasteiger partial charge is 0.0734 e. The second kappa shape index (κ2) is 3.37. The molecule has 0 aliphatic carbocycles. The zero-order valence-electron chi connectivity index (χ0n) is 5.74. The predicted octanol–water partition coefficient (Wildman–Crippen LogP) is 1.89. The first kappa shape index (κ1) is 7.28. The molecule has 0 saturated carbocycles. The molecule has 0 aromatic carbocycles. The average molecular weight is 152 g/mol. The Balaban J connectivity index is 2.31. The first-order valence-corrected chi connectivity index (χ1v) is 5.97. The molecule has 1 saturated heterocycles. The fourth-order valence-corrected chi connectivity index (χ4v) is 4.24. The molecular weight excluding hydrogens is 140 g/mol. The summed E-state index contributed by atoms with van der Waals surface area (Å²) in [7, 11) is 3.39. The maximum absolute atomic E-state index is 3.94. The Morgan fingerprint density at radius 3 is 2.11 bits per heavy atom. The van der Waals surface area contributed by atoms with E-state index in [1.54, 1.807) is 0 Å². The van der Waals surface area contributed by atoms with E-state index in [0.29, 0.717) is 0 Å². The highest BCUT2D eigenvalue weighted by molar-refractivity contribution is 6.76. The van der Waals surface area contributed by atoms with Crippen LogP contribution in [0.4, 0.5) is 0 Å². The lowest BCUT2D eigenvalue weighted by molar-refractivity contribution is 0.727. The normalized spacial score (nSPS) is 21.9. The second-order valence-corrected chi connectivity index (χ2v) is 6.56. The van der Waals surface area contributed by atoms with Crippen molar-refractivity contribution in [3.63, 3.8) is 0 Å². The van der Waals surface area contributed by atoms with E-state index in [0.717, 1.165) is 0 Å². The molecule has 48 valence electrons. The highest BCUT2D eigenvalue weighted by Gasteiger charge is 2.14. The minimum absolute atomic E-state index is 0.146. The Morgan fingerprint density at radius 1 is 1.22 bits per heavy atom. The van der Waals surface area contributed by atoms with Crippen molar-refractivity contribution in [2.45, 2.75) is 31.4 Å². The van der Waals surface area contributed by atoms with Gasteiger partial charge in [0.15, 0.2) is 0 Å². The van der Waals surface area contributed by atoms with Gasteiger partial charge in [0.2, 0.25) is 0 Å². The van der Waals surface area contributed by atoms with Crippen molar-refractivity contribution >= 4 is 19.0 Å². The zero-order chi connectivity index (χ0) is 6.69. The number of hydrogen-bond donors (Lipinski definition) is 0. The Bertz CT molecular complexity index is 103. The van der Waals surface area contributed by atoms with Gasteiger partial charge in [0, 0.05) is 0 Å². The third-order valence-corrected chi connectivity index (χ3v) is 5.71. The van der Waals surface area contributed by atoms with Crippen LogP contribution in [0.1, 0.15) is 19.3 Å². The quantitative estimate of drug-likeness (QED) is 0.503. The molecule has 1 heterocycles. The van der Waals surface area contributed by atoms with Crippen LogP contribution in [0.25, 0.3) is 0 Å². The van der Waals surface area contributed by atoms with E-state index in [2.05, 4.69) is 16.8 Å². The van der Waals surface area contributed by atoms with E-state index in [-0.39, 0.29) is 8.80 Å². The standard InChI is InChI=1S/C7H12Si2/c1-7(8)9-5-3-2-4-6-9/h1-6H2. The lowest BCUT2D eigenvalue weighted by atomic mass is 10.3. The monoisotopic (exact) mass is 152 g/mol. The van der Waals surface area contributed by atoms with Crippen LogP contribution < -0.4 is 0 Å². The van der Waals surface area contributed by atoms with Crippen LogP contribution in [0.3, 0.4) is 0 Å². The van der Waals surface area contributed by atoms with Crippen molar-refractivity contribution < 1.29 is 0 Å². The summed E-state index contributed by atoms with van der Waals surface area (Å²) in [5.74, 6) is 0. The molecule has 1 fully saturated rings. The summed E-state index contributed by atoms with van der Waals surface area (Å²) in [4.78, 5) is 1.31. The third-order valence-electron chi connectivity index (χ3n) is 1.88. The van der Waals surface area contributed by atoms with Crippen molar-refractivity contribution in [2.75, 3.05) is 0 Å². The van der Waals surface area contributed by atoms with Gasteiger partial charge < -0.3 is 0 Å². The fourth-order valence-electron chi connectivity index (χ4n) is 1.28. The van der Waals surface area contributed by atoms with Crippen LogP contribution in [-0.4, -0.2) is 19.0 Å². The van der Waals surface area contributed by atoms with Gasteiger partial charge in [-0.25, -0.2) is 0 Å². The molecule has 9 heavy (non-hydrogen) atoms. The molecule has 0 bridgehead atoms. The van der Waals surface area contributed by atoms with Crippen molar-refractivity contribution in [1.82, 2.24) is 0 Å². The summed E-state index contributed by atoms with van der Waals surface area (Å²) in [5.41, 5.74) is 0. The van der Waals surface area contributed by atoms with Gasteiger partial charge in [-0.05, 0) is 0 Å². The molecule has 0 unspecified atom stereocenters. The largest absolute Gasteiger partial charge is 0.108 e. The molecule has 1 aliphatic rings. The topological polar surface area (TPSA) is 0 Å². The van der Waals surface area contributed by atoms with Crippen molar-refractivity contribution in [1.29, 1.82) is 0 Å². The highest BCUT2D eigenvalue weighted by atomic mass is 28.3. The van der Waals surface area contributed by atoms with E-state index >= 15 is 0 Å². The number of rotatable bonds is 1. The molecule has 0 N–H and O–H groups in total. The van der Waals surface area contributed by atoms with E-state index in [4.69, 9.17) is 0 Å². The first-order valence-electron chi connectivity index (χ1n) is 3.56. The number of hydrogen-bond acceptors (Lipinski definition) is 0. The van der Waals surface area contributed by atoms with Gasteiger partial charge in [0.05, 0.1) is 19.0 Å². The van der Waals surface area contributed by atoms with Crippen molar-refractivity contribution in [3.8, 4) is 0 Å². The van der Waals surface area contributed by atoms with Crippen molar-refractivity contribution in [2.24, 2.45) is 0 Å². The van der Waals surface area contributed by atoms with Crippen LogP contribution in [-0.2, 0) is 0 Å². The summed E-state index contributed by atoms with van der Waals surface area (Å²) in [6, 6.07) is 2.90. The van der Waals surface area contributed by atoms with Gasteiger partial charge in [0.25, 0.3) is 0 Å². The first-order chi connectivity index (χ1) is 4.30. The Kier molecular flexibility index (Phi) is 2.73. The van der Waals surface area contributed by atoms with Gasteiger partial charge in [-0.1, -0.05) is 31.4 Å². The highest BCUT2D eigenvalue weighted by Crippen LogP contribution is 2.21. The van der Waals surface area contributed by atoms with Gasteiger partial charge in [-0.15, -0.1) is 11.4 Å². The molecular formula is C7H12Si2. The Labute approximate surface area is 62.4 Å². The van der Waals surface area contributed by atoms with E-state index in [9.17, 15) is 0 Å². The van der Waals surface area contributed by atoms with Crippen LogP contribution in [0, 0.1) is 0 Å².